The molecule has 0 unspecified atom stereocenters. The van der Waals surface area contributed by atoms with Crippen LogP contribution in [0.3, 0.4) is 0 Å². The Morgan fingerprint density at radius 1 is 1.20 bits per heavy atom. The monoisotopic (exact) mass is 429 g/mol. The minimum atomic E-state index is -0.149. The van der Waals surface area contributed by atoms with Gasteiger partial charge in [0, 0.05) is 45.3 Å². The van der Waals surface area contributed by atoms with Crippen molar-refractivity contribution >= 4 is 23.3 Å². The van der Waals surface area contributed by atoms with Crippen molar-refractivity contribution in [3.8, 4) is 0 Å². The summed E-state index contributed by atoms with van der Waals surface area (Å²) in [5.74, 6) is -0.0210. The maximum Gasteiger partial charge on any atom is 0.319 e. The van der Waals surface area contributed by atoms with Gasteiger partial charge in [-0.3, -0.25) is 4.79 Å². The van der Waals surface area contributed by atoms with Crippen molar-refractivity contribution in [3.05, 3.63) is 57.8 Å². The van der Waals surface area contributed by atoms with Crippen molar-refractivity contribution in [1.82, 2.24) is 14.7 Å². The number of thiophene rings is 1. The highest BCUT2D eigenvalue weighted by molar-refractivity contribution is 7.10. The number of hydrogen-bond acceptors (Lipinski definition) is 4. The van der Waals surface area contributed by atoms with Gasteiger partial charge in [0.05, 0.1) is 6.04 Å². The van der Waals surface area contributed by atoms with Gasteiger partial charge in [0.25, 0.3) is 0 Å². The summed E-state index contributed by atoms with van der Waals surface area (Å²) in [5, 5.41) is 2.10. The SMILES string of the molecule is CCOCCCN(CC(=O)N1CCc2sccc2[C@@H]1c1ccccc1)C(=O)N(C)C. The number of fused-ring (bicyclic) bond motifs is 1. The number of carbonyl (C=O) groups excluding carboxylic acids is 2. The molecule has 30 heavy (non-hydrogen) atoms. The highest BCUT2D eigenvalue weighted by atomic mass is 32.1. The molecule has 6 nitrogen and oxygen atoms in total. The van der Waals surface area contributed by atoms with Gasteiger partial charge in [-0.2, -0.15) is 0 Å². The van der Waals surface area contributed by atoms with E-state index in [0.717, 1.165) is 12.0 Å². The lowest BCUT2D eigenvalue weighted by Gasteiger charge is -2.38. The molecule has 0 saturated carbocycles. The highest BCUT2D eigenvalue weighted by Crippen LogP contribution is 2.37. The van der Waals surface area contributed by atoms with Crippen LogP contribution in [-0.4, -0.2) is 73.6 Å². The van der Waals surface area contributed by atoms with E-state index in [-0.39, 0.29) is 24.5 Å². The fraction of sp³-hybridized carbons (Fsp3) is 0.478. The van der Waals surface area contributed by atoms with E-state index < -0.39 is 0 Å². The highest BCUT2D eigenvalue weighted by Gasteiger charge is 2.34. The van der Waals surface area contributed by atoms with Crippen molar-refractivity contribution in [1.29, 1.82) is 0 Å². The average Bonchev–Trinajstić information content (AvgIpc) is 3.24. The van der Waals surface area contributed by atoms with Crippen LogP contribution in [0.4, 0.5) is 4.79 Å². The first-order valence-electron chi connectivity index (χ1n) is 10.5. The summed E-state index contributed by atoms with van der Waals surface area (Å²) in [7, 11) is 3.43. The first kappa shape index (κ1) is 22.3. The molecule has 0 bridgehead atoms. The topological polar surface area (TPSA) is 53.1 Å². The van der Waals surface area contributed by atoms with Gasteiger partial charge in [-0.15, -0.1) is 11.3 Å². The molecular formula is C23H31N3O3S. The maximum absolute atomic E-state index is 13.4. The smallest absolute Gasteiger partial charge is 0.319 e. The summed E-state index contributed by atoms with van der Waals surface area (Å²) in [6.45, 7) is 4.41. The molecule has 2 heterocycles. The average molecular weight is 430 g/mol. The molecule has 0 saturated heterocycles. The molecule has 3 rings (SSSR count). The summed E-state index contributed by atoms with van der Waals surface area (Å²) in [6, 6.07) is 12.0. The molecule has 7 heteroatoms. The van der Waals surface area contributed by atoms with Crippen molar-refractivity contribution in [2.24, 2.45) is 0 Å². The minimum Gasteiger partial charge on any atom is -0.382 e. The summed E-state index contributed by atoms with van der Waals surface area (Å²) < 4.78 is 5.40. The first-order valence-corrected chi connectivity index (χ1v) is 11.4. The van der Waals surface area contributed by atoms with Crippen LogP contribution in [0.5, 0.6) is 0 Å². The Kier molecular flexibility index (Phi) is 7.87. The molecule has 162 valence electrons. The van der Waals surface area contributed by atoms with Crippen LogP contribution in [0, 0.1) is 0 Å². The van der Waals surface area contributed by atoms with Gasteiger partial charge in [-0.05, 0) is 42.3 Å². The molecule has 1 aliphatic heterocycles. The molecule has 1 aromatic carbocycles. The van der Waals surface area contributed by atoms with Crippen LogP contribution in [0.25, 0.3) is 0 Å². The molecule has 0 N–H and O–H groups in total. The number of ether oxygens (including phenoxy) is 1. The first-order chi connectivity index (χ1) is 14.5. The van der Waals surface area contributed by atoms with Gasteiger partial charge >= 0.3 is 6.03 Å². The van der Waals surface area contributed by atoms with Crippen LogP contribution in [0.1, 0.15) is 35.4 Å². The van der Waals surface area contributed by atoms with Gasteiger partial charge in [0.15, 0.2) is 0 Å². The molecule has 1 aromatic heterocycles. The molecule has 3 amide bonds. The number of carbonyl (C=O) groups is 2. The van der Waals surface area contributed by atoms with Crippen LogP contribution in [-0.2, 0) is 16.0 Å². The molecule has 2 aromatic rings. The number of rotatable bonds is 8. The Bertz CT molecular complexity index is 837. The lowest BCUT2D eigenvalue weighted by Crippen LogP contribution is -2.49. The van der Waals surface area contributed by atoms with Gasteiger partial charge in [-0.1, -0.05) is 30.3 Å². The third-order valence-corrected chi connectivity index (χ3v) is 6.30. The Labute approximate surface area is 183 Å². The van der Waals surface area contributed by atoms with Crippen molar-refractivity contribution in [3.63, 3.8) is 0 Å². The molecular weight excluding hydrogens is 398 g/mol. The zero-order valence-corrected chi connectivity index (χ0v) is 18.9. The largest absolute Gasteiger partial charge is 0.382 e. The number of hydrogen-bond donors (Lipinski definition) is 0. The third-order valence-electron chi connectivity index (χ3n) is 5.30. The quantitative estimate of drug-likeness (QED) is 0.602. The van der Waals surface area contributed by atoms with Crippen molar-refractivity contribution in [2.45, 2.75) is 25.8 Å². The molecule has 0 fully saturated rings. The fourth-order valence-electron chi connectivity index (χ4n) is 3.86. The third kappa shape index (κ3) is 5.21. The lowest BCUT2D eigenvalue weighted by molar-refractivity contribution is -0.134. The molecule has 0 spiro atoms. The van der Waals surface area contributed by atoms with E-state index in [0.29, 0.717) is 32.7 Å². The Hall–Kier alpha value is -2.38. The van der Waals surface area contributed by atoms with E-state index in [1.54, 1.807) is 30.3 Å². The van der Waals surface area contributed by atoms with E-state index >= 15 is 0 Å². The van der Waals surface area contributed by atoms with E-state index in [2.05, 4.69) is 23.6 Å². The van der Waals surface area contributed by atoms with Crippen LogP contribution in [0.2, 0.25) is 0 Å². The second-order valence-corrected chi connectivity index (χ2v) is 8.60. The van der Waals surface area contributed by atoms with Gasteiger partial charge in [0.2, 0.25) is 5.91 Å². The van der Waals surface area contributed by atoms with E-state index in [1.807, 2.05) is 30.0 Å². The molecule has 0 aliphatic carbocycles. The molecule has 1 atom stereocenters. The standard InChI is InChI=1S/C23H31N3O3S/c1-4-29-15-8-13-25(23(28)24(2)3)17-21(27)26-14-11-20-19(12-16-30-20)22(26)18-9-6-5-7-10-18/h5-7,9-10,12,16,22H,4,8,11,13-15,17H2,1-3H3/t22-/m0/s1. The second kappa shape index (κ2) is 10.6. The lowest BCUT2D eigenvalue weighted by atomic mass is 9.93. The Morgan fingerprint density at radius 3 is 2.67 bits per heavy atom. The zero-order valence-electron chi connectivity index (χ0n) is 18.0. The fourth-order valence-corrected chi connectivity index (χ4v) is 4.76. The summed E-state index contributed by atoms with van der Waals surface area (Å²) in [4.78, 5) is 32.5. The van der Waals surface area contributed by atoms with Crippen LogP contribution in [0.15, 0.2) is 41.8 Å². The number of amides is 3. The van der Waals surface area contributed by atoms with E-state index in [1.165, 1.54) is 15.3 Å². The predicted molar refractivity (Wildman–Crippen MR) is 120 cm³/mol. The Morgan fingerprint density at radius 2 is 1.97 bits per heavy atom. The van der Waals surface area contributed by atoms with Crippen molar-refractivity contribution < 1.29 is 14.3 Å². The predicted octanol–water partition coefficient (Wildman–Crippen LogP) is 3.63. The maximum atomic E-state index is 13.4. The summed E-state index contributed by atoms with van der Waals surface area (Å²) >= 11 is 1.75. The normalized spacial score (nSPS) is 15.6. The van der Waals surface area contributed by atoms with Crippen LogP contribution < -0.4 is 0 Å². The summed E-state index contributed by atoms with van der Waals surface area (Å²) in [6.07, 6.45) is 1.56. The van der Waals surface area contributed by atoms with E-state index in [9.17, 15) is 9.59 Å². The van der Waals surface area contributed by atoms with Crippen LogP contribution >= 0.6 is 11.3 Å². The second-order valence-electron chi connectivity index (χ2n) is 7.60. The minimum absolute atomic E-state index is 0.0210. The van der Waals surface area contributed by atoms with Gasteiger partial charge in [-0.25, -0.2) is 4.79 Å². The van der Waals surface area contributed by atoms with Crippen molar-refractivity contribution in [2.75, 3.05) is 46.9 Å². The Balaban J connectivity index is 1.79. The van der Waals surface area contributed by atoms with Gasteiger partial charge < -0.3 is 19.4 Å². The number of urea groups is 1. The molecule has 0 radical (unpaired) electrons. The number of nitrogens with zero attached hydrogens (tertiary/aromatic N) is 3. The number of benzene rings is 1. The zero-order chi connectivity index (χ0) is 21.5. The van der Waals surface area contributed by atoms with Gasteiger partial charge in [0.1, 0.15) is 6.54 Å². The summed E-state index contributed by atoms with van der Waals surface area (Å²) in [5.41, 5.74) is 2.31. The molecule has 1 aliphatic rings. The van der Waals surface area contributed by atoms with E-state index in [4.69, 9.17) is 4.74 Å².